The summed E-state index contributed by atoms with van der Waals surface area (Å²) >= 11 is 0. The summed E-state index contributed by atoms with van der Waals surface area (Å²) in [7, 11) is 0. The van der Waals surface area contributed by atoms with Crippen LogP contribution in [0, 0.1) is 5.41 Å². The summed E-state index contributed by atoms with van der Waals surface area (Å²) in [4.78, 5) is 10.6. The highest BCUT2D eigenvalue weighted by Gasteiger charge is 2.46. The first-order valence-electron chi connectivity index (χ1n) is 4.46. The number of aliphatic carboxylic acids is 1. The molecule has 0 amide bonds. The molecule has 70 valence electrons. The Morgan fingerprint density at radius 3 is 2.50 bits per heavy atom. The van der Waals surface area contributed by atoms with E-state index in [0.29, 0.717) is 17.9 Å². The zero-order valence-corrected chi connectivity index (χ0v) is 7.92. The molecule has 2 unspecified atom stereocenters. The van der Waals surface area contributed by atoms with E-state index >= 15 is 0 Å². The molecule has 0 aromatic heterocycles. The quantitative estimate of drug-likeness (QED) is 0.669. The van der Waals surface area contributed by atoms with E-state index in [1.54, 1.807) is 0 Å². The molecule has 1 saturated carbocycles. The zero-order chi connectivity index (χ0) is 9.35. The van der Waals surface area contributed by atoms with Crippen molar-refractivity contribution < 1.29 is 9.90 Å². The van der Waals surface area contributed by atoms with Crippen LogP contribution in [-0.4, -0.2) is 23.2 Å². The van der Waals surface area contributed by atoms with E-state index in [1.165, 1.54) is 0 Å². The van der Waals surface area contributed by atoms with Crippen LogP contribution >= 0.6 is 0 Å². The largest absolute Gasteiger partial charge is 0.480 e. The highest BCUT2D eigenvalue weighted by atomic mass is 16.4. The van der Waals surface area contributed by atoms with Gasteiger partial charge in [-0.1, -0.05) is 20.8 Å². The molecule has 2 N–H and O–H groups in total. The molecule has 0 saturated heterocycles. The molecule has 3 heteroatoms. The highest BCUT2D eigenvalue weighted by Crippen LogP contribution is 2.44. The smallest absolute Gasteiger partial charge is 0.320 e. The molecule has 3 nitrogen and oxygen atoms in total. The normalized spacial score (nSPS) is 28.1. The standard InChI is InChI=1S/C9H17NO2/c1-4-6(8(11)12)10-7-5-9(7,2)3/h6-7,10H,4-5H2,1-3H3,(H,11,12). The maximum absolute atomic E-state index is 10.6. The van der Waals surface area contributed by atoms with Gasteiger partial charge < -0.3 is 10.4 Å². The number of carbonyl (C=O) groups is 1. The minimum atomic E-state index is -0.736. The summed E-state index contributed by atoms with van der Waals surface area (Å²) < 4.78 is 0. The third-order valence-corrected chi connectivity index (χ3v) is 2.62. The molecule has 2 atom stereocenters. The van der Waals surface area contributed by atoms with Gasteiger partial charge in [-0.25, -0.2) is 0 Å². The van der Waals surface area contributed by atoms with Crippen molar-refractivity contribution in [2.45, 2.75) is 45.7 Å². The molecular formula is C9H17NO2. The maximum atomic E-state index is 10.6. The van der Waals surface area contributed by atoms with Crippen molar-refractivity contribution in [2.24, 2.45) is 5.41 Å². The van der Waals surface area contributed by atoms with Gasteiger partial charge in [0.2, 0.25) is 0 Å². The van der Waals surface area contributed by atoms with Crippen LogP contribution in [0.4, 0.5) is 0 Å². The number of carboxylic acids is 1. The van der Waals surface area contributed by atoms with Crippen LogP contribution in [0.3, 0.4) is 0 Å². The van der Waals surface area contributed by atoms with E-state index in [4.69, 9.17) is 5.11 Å². The van der Waals surface area contributed by atoms with Crippen LogP contribution in [0.2, 0.25) is 0 Å². The molecule has 1 fully saturated rings. The van der Waals surface area contributed by atoms with Gasteiger partial charge >= 0.3 is 5.97 Å². The van der Waals surface area contributed by atoms with Crippen molar-refractivity contribution >= 4 is 5.97 Å². The third kappa shape index (κ3) is 1.97. The second-order valence-electron chi connectivity index (χ2n) is 4.21. The van der Waals surface area contributed by atoms with Crippen molar-refractivity contribution in [3.8, 4) is 0 Å². The second-order valence-corrected chi connectivity index (χ2v) is 4.21. The Balaban J connectivity index is 2.35. The van der Waals surface area contributed by atoms with Gasteiger partial charge in [0.15, 0.2) is 0 Å². The Hall–Kier alpha value is -0.570. The Morgan fingerprint density at radius 2 is 2.25 bits per heavy atom. The van der Waals surface area contributed by atoms with Crippen LogP contribution in [0.5, 0.6) is 0 Å². The number of hydrogen-bond acceptors (Lipinski definition) is 2. The molecule has 0 heterocycles. The van der Waals surface area contributed by atoms with Crippen LogP contribution < -0.4 is 5.32 Å². The fraction of sp³-hybridized carbons (Fsp3) is 0.889. The Bertz CT molecular complexity index is 189. The number of nitrogens with one attached hydrogen (secondary N) is 1. The van der Waals surface area contributed by atoms with Crippen molar-refractivity contribution in [1.82, 2.24) is 5.32 Å². The van der Waals surface area contributed by atoms with E-state index in [1.807, 2.05) is 6.92 Å². The summed E-state index contributed by atoms with van der Waals surface area (Å²) in [5.74, 6) is -0.736. The molecule has 1 aliphatic rings. The lowest BCUT2D eigenvalue weighted by atomic mass is 10.1. The van der Waals surface area contributed by atoms with Crippen LogP contribution in [0.1, 0.15) is 33.6 Å². The minimum absolute atomic E-state index is 0.308. The monoisotopic (exact) mass is 171 g/mol. The van der Waals surface area contributed by atoms with Gasteiger partial charge in [-0.2, -0.15) is 0 Å². The van der Waals surface area contributed by atoms with Crippen molar-refractivity contribution in [1.29, 1.82) is 0 Å². The van der Waals surface area contributed by atoms with Gasteiger partial charge in [0.05, 0.1) is 0 Å². The van der Waals surface area contributed by atoms with Crippen molar-refractivity contribution in [2.75, 3.05) is 0 Å². The lowest BCUT2D eigenvalue weighted by molar-refractivity contribution is -0.139. The van der Waals surface area contributed by atoms with Crippen molar-refractivity contribution in [3.63, 3.8) is 0 Å². The van der Waals surface area contributed by atoms with Gasteiger partial charge in [0.1, 0.15) is 6.04 Å². The summed E-state index contributed by atoms with van der Waals surface area (Å²) in [6.45, 7) is 6.19. The SMILES string of the molecule is CCC(NC1CC1(C)C)C(=O)O. The molecule has 1 aliphatic carbocycles. The van der Waals surface area contributed by atoms with Gasteiger partial charge in [-0.15, -0.1) is 0 Å². The Morgan fingerprint density at radius 1 is 1.75 bits per heavy atom. The summed E-state index contributed by atoms with van der Waals surface area (Å²) in [5.41, 5.74) is 0.308. The average molecular weight is 171 g/mol. The Labute approximate surface area is 73.2 Å². The fourth-order valence-electron chi connectivity index (χ4n) is 1.36. The predicted octanol–water partition coefficient (Wildman–Crippen LogP) is 1.24. The summed E-state index contributed by atoms with van der Waals surface area (Å²) in [6, 6.07) is 0.0373. The lowest BCUT2D eigenvalue weighted by Gasteiger charge is -2.13. The molecule has 0 aliphatic heterocycles. The zero-order valence-electron chi connectivity index (χ0n) is 7.92. The van der Waals surface area contributed by atoms with Crippen LogP contribution in [-0.2, 0) is 4.79 Å². The van der Waals surface area contributed by atoms with Gasteiger partial charge in [-0.05, 0) is 18.3 Å². The minimum Gasteiger partial charge on any atom is -0.480 e. The van der Waals surface area contributed by atoms with E-state index < -0.39 is 5.97 Å². The van der Waals surface area contributed by atoms with Crippen LogP contribution in [0.15, 0.2) is 0 Å². The van der Waals surface area contributed by atoms with Gasteiger partial charge in [0, 0.05) is 6.04 Å². The van der Waals surface area contributed by atoms with E-state index in [2.05, 4.69) is 19.2 Å². The molecule has 0 aromatic carbocycles. The predicted molar refractivity (Wildman–Crippen MR) is 47.0 cm³/mol. The highest BCUT2D eigenvalue weighted by molar-refractivity contribution is 5.73. The lowest BCUT2D eigenvalue weighted by Crippen LogP contribution is -2.38. The molecule has 0 spiro atoms. The maximum Gasteiger partial charge on any atom is 0.320 e. The third-order valence-electron chi connectivity index (χ3n) is 2.62. The number of carboxylic acid groups (broad SMARTS) is 1. The Kier molecular flexibility index (Phi) is 2.42. The number of rotatable bonds is 4. The van der Waals surface area contributed by atoms with Crippen LogP contribution in [0.25, 0.3) is 0 Å². The molecule has 12 heavy (non-hydrogen) atoms. The molecule has 0 aromatic rings. The first-order valence-corrected chi connectivity index (χ1v) is 4.46. The van der Waals surface area contributed by atoms with Gasteiger partial charge in [-0.3, -0.25) is 4.79 Å². The summed E-state index contributed by atoms with van der Waals surface area (Å²) in [5, 5.41) is 11.9. The molecule has 0 radical (unpaired) electrons. The second kappa shape index (κ2) is 3.05. The number of hydrogen-bond donors (Lipinski definition) is 2. The van der Waals surface area contributed by atoms with E-state index in [9.17, 15) is 4.79 Å². The topological polar surface area (TPSA) is 49.3 Å². The molecule has 0 bridgehead atoms. The molecular weight excluding hydrogens is 154 g/mol. The molecule has 1 rings (SSSR count). The summed E-state index contributed by atoms with van der Waals surface area (Å²) in [6.07, 6.45) is 1.75. The van der Waals surface area contributed by atoms with Gasteiger partial charge in [0.25, 0.3) is 0 Å². The van der Waals surface area contributed by atoms with Crippen molar-refractivity contribution in [3.05, 3.63) is 0 Å². The first kappa shape index (κ1) is 9.52. The van der Waals surface area contributed by atoms with E-state index in [-0.39, 0.29) is 6.04 Å². The average Bonchev–Trinajstić information content (AvgIpc) is 2.53. The van der Waals surface area contributed by atoms with E-state index in [0.717, 1.165) is 6.42 Å². The first-order chi connectivity index (χ1) is 5.47. The fourth-order valence-corrected chi connectivity index (χ4v) is 1.36.